The molecule has 202 valence electrons. The summed E-state index contributed by atoms with van der Waals surface area (Å²) in [6, 6.07) is 7.05. The highest BCUT2D eigenvalue weighted by molar-refractivity contribution is 7.92. The van der Waals surface area contributed by atoms with E-state index in [1.807, 2.05) is 6.92 Å². The predicted octanol–water partition coefficient (Wildman–Crippen LogP) is 3.62. The summed E-state index contributed by atoms with van der Waals surface area (Å²) in [7, 11) is -2.86. The molecule has 0 spiro atoms. The molecule has 0 fully saturated rings. The molecule has 2 aromatic rings. The van der Waals surface area contributed by atoms with Crippen molar-refractivity contribution in [2.75, 3.05) is 30.8 Å². The van der Waals surface area contributed by atoms with Crippen LogP contribution in [-0.4, -0.2) is 62.6 Å². The van der Waals surface area contributed by atoms with Crippen LogP contribution in [0.3, 0.4) is 0 Å². The molecule has 0 saturated carbocycles. The number of halogens is 2. The molecule has 0 bridgehead atoms. The summed E-state index contributed by atoms with van der Waals surface area (Å²) < 4.78 is 31.4. The Kier molecular flexibility index (Phi) is 10.5. The third-order valence-electron chi connectivity index (χ3n) is 5.39. The number of nitrogens with one attached hydrogen (secondary N) is 1. The van der Waals surface area contributed by atoms with E-state index in [9.17, 15) is 28.1 Å². The number of ether oxygens (including phenoxy) is 1. The van der Waals surface area contributed by atoms with Crippen LogP contribution in [0.1, 0.15) is 25.8 Å². The van der Waals surface area contributed by atoms with Gasteiger partial charge in [-0.25, -0.2) is 8.42 Å². The Morgan fingerprint density at radius 3 is 2.41 bits per heavy atom. The van der Waals surface area contributed by atoms with Gasteiger partial charge in [-0.3, -0.25) is 24.0 Å². The van der Waals surface area contributed by atoms with Crippen LogP contribution >= 0.6 is 23.2 Å². The second-order valence-electron chi connectivity index (χ2n) is 8.11. The Hall–Kier alpha value is -3.09. The van der Waals surface area contributed by atoms with E-state index in [0.29, 0.717) is 27.9 Å². The summed E-state index contributed by atoms with van der Waals surface area (Å²) >= 11 is 12.3. The maximum atomic E-state index is 13.6. The number of nitro benzene ring substituents is 1. The molecular formula is C23H28Cl2N4O7S. The number of hydrogen-bond acceptors (Lipinski definition) is 7. The fourth-order valence-corrected chi connectivity index (χ4v) is 4.71. The van der Waals surface area contributed by atoms with E-state index >= 15 is 0 Å². The molecular weight excluding hydrogens is 547 g/mol. The number of benzene rings is 2. The smallest absolute Gasteiger partial charge is 0.271 e. The van der Waals surface area contributed by atoms with Crippen molar-refractivity contribution in [2.45, 2.75) is 32.9 Å². The number of nitrogens with zero attached hydrogens (tertiary/aromatic N) is 3. The van der Waals surface area contributed by atoms with Crippen molar-refractivity contribution < 1.29 is 27.7 Å². The number of amides is 2. The molecule has 1 N–H and O–H groups in total. The first kappa shape index (κ1) is 30.1. The van der Waals surface area contributed by atoms with Crippen molar-refractivity contribution in [3.05, 3.63) is 62.1 Å². The summed E-state index contributed by atoms with van der Waals surface area (Å²) in [5.41, 5.74) is -0.109. The highest BCUT2D eigenvalue weighted by Gasteiger charge is 2.32. The third-order valence-corrected chi connectivity index (χ3v) is 7.11. The molecule has 0 heterocycles. The van der Waals surface area contributed by atoms with Gasteiger partial charge in [-0.1, -0.05) is 36.2 Å². The molecule has 2 amide bonds. The van der Waals surface area contributed by atoms with Gasteiger partial charge in [-0.2, -0.15) is 0 Å². The lowest BCUT2D eigenvalue weighted by atomic mass is 10.1. The van der Waals surface area contributed by atoms with Gasteiger partial charge in [-0.05, 0) is 37.1 Å². The highest BCUT2D eigenvalue weighted by Crippen LogP contribution is 2.34. The number of methoxy groups -OCH3 is 1. The van der Waals surface area contributed by atoms with Gasteiger partial charge in [0.25, 0.3) is 5.69 Å². The summed E-state index contributed by atoms with van der Waals surface area (Å²) in [6.45, 7) is 2.88. The van der Waals surface area contributed by atoms with Crippen molar-refractivity contribution in [1.29, 1.82) is 0 Å². The van der Waals surface area contributed by atoms with Crippen LogP contribution in [0.25, 0.3) is 0 Å². The average molecular weight is 575 g/mol. The number of anilines is 1. The minimum atomic E-state index is -4.13. The van der Waals surface area contributed by atoms with Crippen LogP contribution in [-0.2, 0) is 26.2 Å². The van der Waals surface area contributed by atoms with E-state index in [1.165, 1.54) is 31.1 Å². The van der Waals surface area contributed by atoms with E-state index < -0.39 is 45.0 Å². The molecule has 0 saturated heterocycles. The molecule has 0 aliphatic rings. The van der Waals surface area contributed by atoms with Crippen molar-refractivity contribution in [3.8, 4) is 5.75 Å². The number of carbonyl (C=O) groups excluding carboxylic acids is 2. The van der Waals surface area contributed by atoms with Gasteiger partial charge in [0.15, 0.2) is 0 Å². The molecule has 0 unspecified atom stereocenters. The van der Waals surface area contributed by atoms with E-state index in [1.54, 1.807) is 12.1 Å². The topological polar surface area (TPSA) is 139 Å². The standard InChI is InChI=1S/C23H28Cl2N4O7S/c1-5-10-26-23(31)15(2)27(13-16-6-7-17(24)11-19(16)25)22(30)14-28(37(4,34)35)20-12-18(29(32)33)8-9-21(20)36-3/h6-9,11-12,15H,5,10,13-14H2,1-4H3,(H,26,31)/t15-/m1/s1. The quantitative estimate of drug-likeness (QED) is 0.301. The largest absolute Gasteiger partial charge is 0.495 e. The first-order valence-corrected chi connectivity index (χ1v) is 13.7. The number of sulfonamides is 1. The highest BCUT2D eigenvalue weighted by atomic mass is 35.5. The van der Waals surface area contributed by atoms with E-state index in [0.717, 1.165) is 18.4 Å². The Morgan fingerprint density at radius 2 is 1.86 bits per heavy atom. The summed E-state index contributed by atoms with van der Waals surface area (Å²) in [6.07, 6.45) is 1.53. The first-order valence-electron chi connectivity index (χ1n) is 11.1. The maximum Gasteiger partial charge on any atom is 0.271 e. The van der Waals surface area contributed by atoms with Crippen molar-refractivity contribution in [3.63, 3.8) is 0 Å². The molecule has 2 rings (SSSR count). The van der Waals surface area contributed by atoms with Gasteiger partial charge in [0.2, 0.25) is 21.8 Å². The maximum absolute atomic E-state index is 13.6. The van der Waals surface area contributed by atoms with Gasteiger partial charge in [0.05, 0.1) is 18.3 Å². The van der Waals surface area contributed by atoms with Crippen molar-refractivity contribution >= 4 is 56.4 Å². The van der Waals surface area contributed by atoms with Gasteiger partial charge >= 0.3 is 0 Å². The first-order chi connectivity index (χ1) is 17.3. The van der Waals surface area contributed by atoms with Crippen LogP contribution in [0.15, 0.2) is 36.4 Å². The average Bonchev–Trinajstić information content (AvgIpc) is 2.83. The fourth-order valence-electron chi connectivity index (χ4n) is 3.39. The second kappa shape index (κ2) is 12.9. The van der Waals surface area contributed by atoms with E-state index in [2.05, 4.69) is 5.32 Å². The second-order valence-corrected chi connectivity index (χ2v) is 10.9. The summed E-state index contributed by atoms with van der Waals surface area (Å²) in [5.74, 6) is -1.19. The van der Waals surface area contributed by atoms with Gasteiger partial charge in [-0.15, -0.1) is 0 Å². The molecule has 11 nitrogen and oxygen atoms in total. The summed E-state index contributed by atoms with van der Waals surface area (Å²) in [4.78, 5) is 38.2. The lowest BCUT2D eigenvalue weighted by molar-refractivity contribution is -0.384. The van der Waals surface area contributed by atoms with Crippen LogP contribution < -0.4 is 14.4 Å². The SMILES string of the molecule is CCCNC(=O)[C@@H](C)N(Cc1ccc(Cl)cc1Cl)C(=O)CN(c1cc([N+](=O)[O-])ccc1OC)S(C)(=O)=O. The normalized spacial score (nSPS) is 11.9. The van der Waals surface area contributed by atoms with Gasteiger partial charge < -0.3 is 15.0 Å². The Balaban J connectivity index is 2.53. The van der Waals surface area contributed by atoms with E-state index in [-0.39, 0.29) is 23.0 Å². The summed E-state index contributed by atoms with van der Waals surface area (Å²) in [5, 5.41) is 14.7. The monoisotopic (exact) mass is 574 g/mol. The Morgan fingerprint density at radius 1 is 1.19 bits per heavy atom. The van der Waals surface area contributed by atoms with Crippen molar-refractivity contribution in [1.82, 2.24) is 10.2 Å². The van der Waals surface area contributed by atoms with Gasteiger partial charge in [0.1, 0.15) is 24.0 Å². The lowest BCUT2D eigenvalue weighted by Crippen LogP contribution is -2.51. The molecule has 0 radical (unpaired) electrons. The van der Waals surface area contributed by atoms with Crippen LogP contribution in [0.2, 0.25) is 10.0 Å². The molecule has 1 atom stereocenters. The third kappa shape index (κ3) is 7.94. The minimum absolute atomic E-state index is 0.00450. The van der Waals surface area contributed by atoms with Crippen LogP contribution in [0.5, 0.6) is 5.75 Å². The van der Waals surface area contributed by atoms with Crippen molar-refractivity contribution in [2.24, 2.45) is 0 Å². The van der Waals surface area contributed by atoms with Crippen LogP contribution in [0, 0.1) is 10.1 Å². The number of non-ortho nitro benzene ring substituents is 1. The molecule has 2 aromatic carbocycles. The lowest BCUT2D eigenvalue weighted by Gasteiger charge is -2.32. The number of carbonyl (C=O) groups is 2. The molecule has 0 aliphatic carbocycles. The van der Waals surface area contributed by atoms with Gasteiger partial charge in [0, 0.05) is 35.3 Å². The predicted molar refractivity (Wildman–Crippen MR) is 142 cm³/mol. The number of rotatable bonds is 12. The zero-order valence-corrected chi connectivity index (χ0v) is 23.1. The molecule has 14 heteroatoms. The fraction of sp³-hybridized carbons (Fsp3) is 0.391. The molecule has 37 heavy (non-hydrogen) atoms. The van der Waals surface area contributed by atoms with E-state index in [4.69, 9.17) is 27.9 Å². The minimum Gasteiger partial charge on any atom is -0.495 e. The molecule has 0 aromatic heterocycles. The molecule has 0 aliphatic heterocycles. The zero-order chi connectivity index (χ0) is 27.9. The zero-order valence-electron chi connectivity index (χ0n) is 20.7. The van der Waals surface area contributed by atoms with Crippen LogP contribution in [0.4, 0.5) is 11.4 Å². The number of nitro groups is 1. The Labute approximate surface area is 225 Å². The Bertz CT molecular complexity index is 1270. The number of hydrogen-bond donors (Lipinski definition) is 1.